The quantitative estimate of drug-likeness (QED) is 0.451. The van der Waals surface area contributed by atoms with Gasteiger partial charge < -0.3 is 16.4 Å². The molecule has 1 amide bonds. The van der Waals surface area contributed by atoms with E-state index in [1.165, 1.54) is 6.42 Å². The normalized spacial score (nSPS) is 16.2. The molecular weight excluding hydrogens is 309 g/mol. The monoisotopic (exact) mass is 328 g/mol. The van der Waals surface area contributed by atoms with Crippen molar-refractivity contribution in [1.82, 2.24) is 5.32 Å². The molecule has 0 aliphatic heterocycles. The van der Waals surface area contributed by atoms with E-state index in [4.69, 9.17) is 5.73 Å². The van der Waals surface area contributed by atoms with Gasteiger partial charge in [-0.1, -0.05) is 19.3 Å². The van der Waals surface area contributed by atoms with E-state index in [9.17, 15) is 18.0 Å². The molecule has 0 atom stereocenters. The summed E-state index contributed by atoms with van der Waals surface area (Å²) in [4.78, 5) is 15.5. The van der Waals surface area contributed by atoms with Crippen LogP contribution in [0.5, 0.6) is 0 Å². The van der Waals surface area contributed by atoms with Gasteiger partial charge in [-0.3, -0.25) is 4.79 Å². The Bertz CT molecular complexity index is 601. The fourth-order valence-electron chi connectivity index (χ4n) is 2.47. The number of aliphatic imine (C=N–C) groups is 1. The molecule has 8 heteroatoms. The summed E-state index contributed by atoms with van der Waals surface area (Å²) in [7, 11) is 0. The van der Waals surface area contributed by atoms with Gasteiger partial charge in [-0.2, -0.15) is 0 Å². The van der Waals surface area contributed by atoms with Crippen LogP contribution in [0.4, 0.5) is 18.9 Å². The first kappa shape index (κ1) is 17.1. The Morgan fingerprint density at radius 2 is 1.87 bits per heavy atom. The van der Waals surface area contributed by atoms with Gasteiger partial charge in [0.2, 0.25) is 5.91 Å². The fourth-order valence-corrected chi connectivity index (χ4v) is 2.47. The molecule has 5 nitrogen and oxygen atoms in total. The number of amides is 1. The zero-order chi connectivity index (χ0) is 16.8. The highest BCUT2D eigenvalue weighted by Crippen LogP contribution is 2.19. The van der Waals surface area contributed by atoms with Crippen LogP contribution in [0.15, 0.2) is 17.1 Å². The SMILES string of the molecule is NC(=NCC(=O)Nc1ccc(F)c(F)c1F)NC1CCCCC1. The highest BCUT2D eigenvalue weighted by atomic mass is 19.2. The van der Waals surface area contributed by atoms with E-state index in [0.29, 0.717) is 0 Å². The summed E-state index contributed by atoms with van der Waals surface area (Å²) >= 11 is 0. The van der Waals surface area contributed by atoms with Crippen molar-refractivity contribution in [2.75, 3.05) is 11.9 Å². The molecule has 0 spiro atoms. The van der Waals surface area contributed by atoms with Crippen molar-refractivity contribution >= 4 is 17.6 Å². The Morgan fingerprint density at radius 1 is 1.17 bits per heavy atom. The number of halogens is 3. The van der Waals surface area contributed by atoms with E-state index in [0.717, 1.165) is 37.8 Å². The largest absolute Gasteiger partial charge is 0.370 e. The predicted molar refractivity (Wildman–Crippen MR) is 81.4 cm³/mol. The number of nitrogens with zero attached hydrogens (tertiary/aromatic N) is 1. The molecule has 126 valence electrons. The minimum absolute atomic E-state index is 0.137. The standard InChI is InChI=1S/C15H19F3N4O/c16-10-6-7-11(14(18)13(10)17)22-12(23)8-20-15(19)21-9-4-2-1-3-5-9/h6-7,9H,1-5,8H2,(H,22,23)(H3,19,20,21). The molecule has 1 aliphatic carbocycles. The Morgan fingerprint density at radius 3 is 2.57 bits per heavy atom. The van der Waals surface area contributed by atoms with Crippen molar-refractivity contribution in [3.63, 3.8) is 0 Å². The van der Waals surface area contributed by atoms with Gasteiger partial charge in [0.15, 0.2) is 23.4 Å². The minimum Gasteiger partial charge on any atom is -0.370 e. The first-order valence-electron chi connectivity index (χ1n) is 7.47. The van der Waals surface area contributed by atoms with Crippen molar-refractivity contribution in [2.24, 2.45) is 10.7 Å². The summed E-state index contributed by atoms with van der Waals surface area (Å²) in [5, 5.41) is 5.16. The lowest BCUT2D eigenvalue weighted by Crippen LogP contribution is -2.41. The summed E-state index contributed by atoms with van der Waals surface area (Å²) in [5.74, 6) is -4.94. The first-order valence-corrected chi connectivity index (χ1v) is 7.47. The number of benzene rings is 1. The van der Waals surface area contributed by atoms with Crippen LogP contribution in [0.2, 0.25) is 0 Å². The third-order valence-electron chi connectivity index (χ3n) is 3.66. The van der Waals surface area contributed by atoms with Crippen LogP contribution in [-0.4, -0.2) is 24.5 Å². The fraction of sp³-hybridized carbons (Fsp3) is 0.467. The van der Waals surface area contributed by atoms with E-state index < -0.39 is 29.0 Å². The highest BCUT2D eigenvalue weighted by Gasteiger charge is 2.16. The molecule has 0 unspecified atom stereocenters. The third kappa shape index (κ3) is 4.87. The van der Waals surface area contributed by atoms with Gasteiger partial charge in [-0.25, -0.2) is 18.2 Å². The molecule has 1 aromatic rings. The minimum atomic E-state index is -1.63. The Labute approximate surface area is 132 Å². The Kier molecular flexibility index (Phi) is 5.84. The number of hydrogen-bond acceptors (Lipinski definition) is 2. The Hall–Kier alpha value is -2.25. The van der Waals surface area contributed by atoms with Gasteiger partial charge in [0.05, 0.1) is 5.69 Å². The molecule has 4 N–H and O–H groups in total. The predicted octanol–water partition coefficient (Wildman–Crippen LogP) is 2.28. The van der Waals surface area contributed by atoms with Gasteiger partial charge >= 0.3 is 0 Å². The first-order chi connectivity index (χ1) is 11.0. The number of nitrogens with one attached hydrogen (secondary N) is 2. The number of rotatable bonds is 4. The molecule has 1 aliphatic rings. The number of anilines is 1. The number of guanidine groups is 1. The molecule has 0 saturated heterocycles. The molecule has 0 heterocycles. The van der Waals surface area contributed by atoms with Crippen molar-refractivity contribution < 1.29 is 18.0 Å². The van der Waals surface area contributed by atoms with Gasteiger partial charge in [-0.15, -0.1) is 0 Å². The average Bonchev–Trinajstić information content (AvgIpc) is 2.54. The maximum absolute atomic E-state index is 13.4. The number of hydrogen-bond donors (Lipinski definition) is 3. The second-order valence-electron chi connectivity index (χ2n) is 5.45. The summed E-state index contributed by atoms with van der Waals surface area (Å²) in [6, 6.07) is 1.93. The van der Waals surface area contributed by atoms with E-state index >= 15 is 0 Å². The van der Waals surface area contributed by atoms with Crippen molar-refractivity contribution in [3.05, 3.63) is 29.6 Å². The van der Waals surface area contributed by atoms with Crippen LogP contribution >= 0.6 is 0 Å². The van der Waals surface area contributed by atoms with Gasteiger partial charge in [0.1, 0.15) is 6.54 Å². The average molecular weight is 328 g/mol. The maximum Gasteiger partial charge on any atom is 0.246 e. The topological polar surface area (TPSA) is 79.5 Å². The zero-order valence-electron chi connectivity index (χ0n) is 12.5. The molecule has 0 radical (unpaired) electrons. The molecule has 1 aromatic carbocycles. The van der Waals surface area contributed by atoms with Crippen molar-refractivity contribution in [3.8, 4) is 0 Å². The lowest BCUT2D eigenvalue weighted by molar-refractivity contribution is -0.114. The van der Waals surface area contributed by atoms with Gasteiger partial charge in [-0.05, 0) is 25.0 Å². The van der Waals surface area contributed by atoms with E-state index in [-0.39, 0.29) is 18.5 Å². The molecule has 0 bridgehead atoms. The second-order valence-corrected chi connectivity index (χ2v) is 5.45. The van der Waals surface area contributed by atoms with Crippen molar-refractivity contribution in [2.45, 2.75) is 38.1 Å². The lowest BCUT2D eigenvalue weighted by Gasteiger charge is -2.23. The highest BCUT2D eigenvalue weighted by molar-refractivity contribution is 5.94. The smallest absolute Gasteiger partial charge is 0.246 e. The van der Waals surface area contributed by atoms with Crippen LogP contribution in [0.25, 0.3) is 0 Å². The molecule has 23 heavy (non-hydrogen) atoms. The maximum atomic E-state index is 13.4. The van der Waals surface area contributed by atoms with Gasteiger partial charge in [0.25, 0.3) is 0 Å². The molecule has 1 fully saturated rings. The summed E-state index contributed by atoms with van der Waals surface area (Å²) < 4.78 is 39.3. The number of carbonyl (C=O) groups is 1. The summed E-state index contributed by atoms with van der Waals surface area (Å²) in [5.41, 5.74) is 5.25. The van der Waals surface area contributed by atoms with E-state index in [1.54, 1.807) is 0 Å². The van der Waals surface area contributed by atoms with Crippen molar-refractivity contribution in [1.29, 1.82) is 0 Å². The Balaban J connectivity index is 1.86. The van der Waals surface area contributed by atoms with E-state index in [2.05, 4.69) is 15.6 Å². The second kappa shape index (κ2) is 7.85. The molecule has 1 saturated carbocycles. The van der Waals surface area contributed by atoms with Crippen LogP contribution in [0, 0.1) is 17.5 Å². The lowest BCUT2D eigenvalue weighted by atomic mass is 9.96. The van der Waals surface area contributed by atoms with Crippen LogP contribution < -0.4 is 16.4 Å². The van der Waals surface area contributed by atoms with Gasteiger partial charge in [0, 0.05) is 6.04 Å². The van der Waals surface area contributed by atoms with Crippen LogP contribution in [0.1, 0.15) is 32.1 Å². The number of nitrogens with two attached hydrogens (primary N) is 1. The molecule has 2 rings (SSSR count). The molecule has 0 aromatic heterocycles. The summed E-state index contributed by atoms with van der Waals surface area (Å²) in [6.45, 7) is -0.343. The zero-order valence-corrected chi connectivity index (χ0v) is 12.5. The van der Waals surface area contributed by atoms with Crippen LogP contribution in [-0.2, 0) is 4.79 Å². The number of carbonyl (C=O) groups excluding carboxylic acids is 1. The third-order valence-corrected chi connectivity index (χ3v) is 3.66. The van der Waals surface area contributed by atoms with Crippen LogP contribution in [0.3, 0.4) is 0 Å². The summed E-state index contributed by atoms with van der Waals surface area (Å²) in [6.07, 6.45) is 5.46. The van der Waals surface area contributed by atoms with E-state index in [1.807, 2.05) is 0 Å². The molecular formula is C15H19F3N4O.